The van der Waals surface area contributed by atoms with Crippen LogP contribution in [0.3, 0.4) is 0 Å². The molecule has 7 heteroatoms. The average molecular weight is 317 g/mol. The van der Waals surface area contributed by atoms with Gasteiger partial charge in [0.15, 0.2) is 0 Å². The molecule has 0 unspecified atom stereocenters. The van der Waals surface area contributed by atoms with Crippen molar-refractivity contribution in [3.05, 3.63) is 22.4 Å². The molecule has 0 aromatic carbocycles. The second-order valence-corrected chi connectivity index (χ2v) is 5.44. The standard InChI is InChI=1S/C11H13BrN2O4/c1-11(18-4-9(15)16)5-14(6-11)10(17)8-2-7(12)3-13-8/h2-3,13H,4-6H2,1H3,(H,15,16). The minimum Gasteiger partial charge on any atom is -0.480 e. The quantitative estimate of drug-likeness (QED) is 0.871. The minimum absolute atomic E-state index is 0.114. The SMILES string of the molecule is CC1(OCC(=O)O)CN(C(=O)c2cc(Br)c[nH]2)C1. The fourth-order valence-corrected chi connectivity index (χ4v) is 2.24. The first kappa shape index (κ1) is 13.1. The number of amides is 1. The normalized spacial score (nSPS) is 17.3. The monoisotopic (exact) mass is 316 g/mol. The number of hydrogen-bond acceptors (Lipinski definition) is 3. The number of carbonyl (C=O) groups excluding carboxylic acids is 1. The molecule has 18 heavy (non-hydrogen) atoms. The van der Waals surface area contributed by atoms with Gasteiger partial charge in [0.2, 0.25) is 0 Å². The number of aliphatic carboxylic acids is 1. The lowest BCUT2D eigenvalue weighted by Crippen LogP contribution is -2.63. The molecular formula is C11H13BrN2O4. The molecule has 1 aromatic heterocycles. The minimum atomic E-state index is -1.01. The summed E-state index contributed by atoms with van der Waals surface area (Å²) >= 11 is 3.26. The zero-order valence-electron chi connectivity index (χ0n) is 9.77. The Kier molecular flexibility index (Phi) is 3.45. The fourth-order valence-electron chi connectivity index (χ4n) is 1.89. The van der Waals surface area contributed by atoms with Crippen molar-refractivity contribution in [1.29, 1.82) is 0 Å². The number of halogens is 1. The lowest BCUT2D eigenvalue weighted by Gasteiger charge is -2.47. The summed E-state index contributed by atoms with van der Waals surface area (Å²) in [6, 6.07) is 1.70. The lowest BCUT2D eigenvalue weighted by atomic mass is 9.96. The molecule has 0 atom stereocenters. The molecule has 2 N–H and O–H groups in total. The van der Waals surface area contributed by atoms with Gasteiger partial charge in [-0.1, -0.05) is 0 Å². The molecule has 2 heterocycles. The Morgan fingerprint density at radius 3 is 2.78 bits per heavy atom. The molecule has 1 aromatic rings. The molecule has 2 rings (SSSR count). The predicted octanol–water partition coefficient (Wildman–Crippen LogP) is 1.09. The van der Waals surface area contributed by atoms with Crippen LogP contribution in [0.4, 0.5) is 0 Å². The van der Waals surface area contributed by atoms with E-state index in [-0.39, 0.29) is 12.5 Å². The van der Waals surface area contributed by atoms with Crippen LogP contribution in [-0.2, 0) is 9.53 Å². The van der Waals surface area contributed by atoms with Gasteiger partial charge in [-0.2, -0.15) is 0 Å². The van der Waals surface area contributed by atoms with Crippen LogP contribution in [-0.4, -0.2) is 52.2 Å². The summed E-state index contributed by atoms with van der Waals surface area (Å²) in [4.78, 5) is 26.8. The van der Waals surface area contributed by atoms with E-state index >= 15 is 0 Å². The van der Waals surface area contributed by atoms with E-state index in [1.807, 2.05) is 0 Å². The molecule has 1 saturated heterocycles. The number of H-pyrrole nitrogens is 1. The number of hydrogen-bond donors (Lipinski definition) is 2. The van der Waals surface area contributed by atoms with Gasteiger partial charge in [-0.05, 0) is 28.9 Å². The van der Waals surface area contributed by atoms with E-state index in [1.165, 1.54) is 0 Å². The van der Waals surface area contributed by atoms with E-state index in [9.17, 15) is 9.59 Å². The van der Waals surface area contributed by atoms with Gasteiger partial charge in [0.1, 0.15) is 17.9 Å². The van der Waals surface area contributed by atoms with E-state index in [0.717, 1.165) is 4.47 Å². The van der Waals surface area contributed by atoms with Crippen LogP contribution in [0.25, 0.3) is 0 Å². The summed E-state index contributed by atoms with van der Waals surface area (Å²) in [6.07, 6.45) is 1.69. The van der Waals surface area contributed by atoms with Crippen molar-refractivity contribution < 1.29 is 19.4 Å². The van der Waals surface area contributed by atoms with Gasteiger partial charge in [0.05, 0.1) is 13.1 Å². The highest BCUT2D eigenvalue weighted by Crippen LogP contribution is 2.26. The number of likely N-dealkylation sites (tertiary alicyclic amines) is 1. The number of carbonyl (C=O) groups is 2. The van der Waals surface area contributed by atoms with Crippen LogP contribution in [0.2, 0.25) is 0 Å². The zero-order valence-corrected chi connectivity index (χ0v) is 11.4. The molecule has 0 radical (unpaired) electrons. The Morgan fingerprint density at radius 1 is 1.61 bits per heavy atom. The summed E-state index contributed by atoms with van der Waals surface area (Å²) in [5.41, 5.74) is -0.0557. The molecule has 0 saturated carbocycles. The van der Waals surface area contributed by atoms with Crippen molar-refractivity contribution in [1.82, 2.24) is 9.88 Å². The number of ether oxygens (including phenoxy) is 1. The molecule has 6 nitrogen and oxygen atoms in total. The molecule has 0 spiro atoms. The molecule has 98 valence electrons. The van der Waals surface area contributed by atoms with E-state index in [2.05, 4.69) is 20.9 Å². The highest BCUT2D eigenvalue weighted by molar-refractivity contribution is 9.10. The van der Waals surface area contributed by atoms with Crippen LogP contribution in [0, 0.1) is 0 Å². The van der Waals surface area contributed by atoms with Crippen LogP contribution in [0.1, 0.15) is 17.4 Å². The second kappa shape index (κ2) is 4.74. The summed E-state index contributed by atoms with van der Waals surface area (Å²) in [7, 11) is 0. The Labute approximate surface area is 112 Å². The highest BCUT2D eigenvalue weighted by Gasteiger charge is 2.43. The second-order valence-electron chi connectivity index (χ2n) is 4.53. The van der Waals surface area contributed by atoms with Crippen molar-refractivity contribution in [2.24, 2.45) is 0 Å². The van der Waals surface area contributed by atoms with Gasteiger partial charge in [-0.3, -0.25) is 4.79 Å². The summed E-state index contributed by atoms with van der Waals surface area (Å²) in [5, 5.41) is 8.54. The highest BCUT2D eigenvalue weighted by atomic mass is 79.9. The third-order valence-electron chi connectivity index (χ3n) is 2.76. The maximum absolute atomic E-state index is 12.0. The number of aromatic nitrogens is 1. The number of nitrogens with one attached hydrogen (secondary N) is 1. The molecule has 1 aliphatic rings. The van der Waals surface area contributed by atoms with Crippen molar-refractivity contribution in [2.45, 2.75) is 12.5 Å². The smallest absolute Gasteiger partial charge is 0.329 e. The van der Waals surface area contributed by atoms with Gasteiger partial charge in [-0.15, -0.1) is 0 Å². The Balaban J connectivity index is 1.88. The van der Waals surface area contributed by atoms with E-state index < -0.39 is 11.6 Å². The van der Waals surface area contributed by atoms with Gasteiger partial charge >= 0.3 is 5.97 Å². The molecule has 0 aliphatic carbocycles. The topological polar surface area (TPSA) is 82.6 Å². The Bertz CT molecular complexity index is 479. The van der Waals surface area contributed by atoms with Gasteiger partial charge in [0.25, 0.3) is 5.91 Å². The molecule has 0 bridgehead atoms. The van der Waals surface area contributed by atoms with Crippen LogP contribution >= 0.6 is 15.9 Å². The molecule has 1 fully saturated rings. The van der Waals surface area contributed by atoms with E-state index in [0.29, 0.717) is 18.8 Å². The average Bonchev–Trinajstić information content (AvgIpc) is 2.68. The third-order valence-corrected chi connectivity index (χ3v) is 3.22. The number of aromatic amines is 1. The van der Waals surface area contributed by atoms with Crippen LogP contribution < -0.4 is 0 Å². The molecule has 1 aliphatic heterocycles. The maximum atomic E-state index is 12.0. The first-order valence-corrected chi connectivity index (χ1v) is 6.18. The van der Waals surface area contributed by atoms with E-state index in [1.54, 1.807) is 24.1 Å². The van der Waals surface area contributed by atoms with Gasteiger partial charge in [-0.25, -0.2) is 4.79 Å². The van der Waals surface area contributed by atoms with Crippen molar-refractivity contribution in [3.63, 3.8) is 0 Å². The summed E-state index contributed by atoms with van der Waals surface area (Å²) in [6.45, 7) is 2.25. The van der Waals surface area contributed by atoms with Gasteiger partial charge in [0, 0.05) is 10.7 Å². The molecule has 1 amide bonds. The predicted molar refractivity (Wildman–Crippen MR) is 66.4 cm³/mol. The van der Waals surface area contributed by atoms with Crippen LogP contribution in [0.15, 0.2) is 16.7 Å². The Hall–Kier alpha value is -1.34. The first-order chi connectivity index (χ1) is 8.39. The van der Waals surface area contributed by atoms with Crippen LogP contribution in [0.5, 0.6) is 0 Å². The van der Waals surface area contributed by atoms with Gasteiger partial charge < -0.3 is 19.7 Å². The Morgan fingerprint density at radius 2 is 2.28 bits per heavy atom. The van der Waals surface area contributed by atoms with E-state index in [4.69, 9.17) is 9.84 Å². The van der Waals surface area contributed by atoms with Crippen molar-refractivity contribution in [2.75, 3.05) is 19.7 Å². The number of carboxylic acid groups (broad SMARTS) is 1. The number of rotatable bonds is 4. The largest absolute Gasteiger partial charge is 0.480 e. The first-order valence-electron chi connectivity index (χ1n) is 5.39. The maximum Gasteiger partial charge on any atom is 0.329 e. The number of nitrogens with zero attached hydrogens (tertiary/aromatic N) is 1. The fraction of sp³-hybridized carbons (Fsp3) is 0.455. The summed E-state index contributed by atoms with van der Waals surface area (Å²) < 4.78 is 6.05. The number of carboxylic acids is 1. The summed E-state index contributed by atoms with van der Waals surface area (Å²) in [5.74, 6) is -1.12. The van der Waals surface area contributed by atoms with Crippen molar-refractivity contribution in [3.8, 4) is 0 Å². The van der Waals surface area contributed by atoms with Crippen molar-refractivity contribution >= 4 is 27.8 Å². The zero-order chi connectivity index (χ0) is 13.3. The molecular weight excluding hydrogens is 304 g/mol. The lowest BCUT2D eigenvalue weighted by molar-refractivity contribution is -0.159. The third kappa shape index (κ3) is 2.73.